The van der Waals surface area contributed by atoms with Crippen LogP contribution in [0.5, 0.6) is 0 Å². The van der Waals surface area contributed by atoms with Gasteiger partial charge in [-0.05, 0) is 44.4 Å². The van der Waals surface area contributed by atoms with Gasteiger partial charge in [0.15, 0.2) is 0 Å². The van der Waals surface area contributed by atoms with Gasteiger partial charge in [-0.15, -0.1) is 0 Å². The lowest BCUT2D eigenvalue weighted by molar-refractivity contribution is -0.111. The number of likely N-dealkylation sites (N-methyl/N-ethyl adjacent to an activating group) is 1. The highest BCUT2D eigenvalue weighted by Crippen LogP contribution is 2.36. The maximum absolute atomic E-state index is 12.6. The van der Waals surface area contributed by atoms with Crippen LogP contribution in [0.2, 0.25) is 0 Å². The lowest BCUT2D eigenvalue weighted by atomic mass is 9.84. The first-order valence-corrected chi connectivity index (χ1v) is 8.29. The molecule has 3 heteroatoms. The van der Waals surface area contributed by atoms with Crippen molar-refractivity contribution in [2.45, 2.75) is 32.7 Å². The van der Waals surface area contributed by atoms with Crippen molar-refractivity contribution in [3.63, 3.8) is 0 Å². The van der Waals surface area contributed by atoms with E-state index in [1.54, 1.807) is 6.08 Å². The van der Waals surface area contributed by atoms with Gasteiger partial charge >= 0.3 is 0 Å². The fourth-order valence-electron chi connectivity index (χ4n) is 3.20. The number of nitrogens with zero attached hydrogens (tertiary/aromatic N) is 1. The highest BCUT2D eigenvalue weighted by molar-refractivity contribution is 6.04. The average Bonchev–Trinajstić information content (AvgIpc) is 2.54. The van der Waals surface area contributed by atoms with Gasteiger partial charge in [-0.3, -0.25) is 4.79 Å². The van der Waals surface area contributed by atoms with Gasteiger partial charge in [0.1, 0.15) is 0 Å². The Hall–Kier alpha value is -2.55. The van der Waals surface area contributed by atoms with E-state index in [4.69, 9.17) is 0 Å². The number of hydrogen-bond donors (Lipinski definition) is 1. The number of carbonyl (C=O) groups excluding carboxylic acids is 1. The van der Waals surface area contributed by atoms with E-state index in [0.29, 0.717) is 0 Å². The quantitative estimate of drug-likeness (QED) is 0.839. The first-order valence-electron chi connectivity index (χ1n) is 8.29. The van der Waals surface area contributed by atoms with Crippen LogP contribution in [0, 0.1) is 6.92 Å². The summed E-state index contributed by atoms with van der Waals surface area (Å²) in [7, 11) is 2.06. The maximum Gasteiger partial charge on any atom is 0.250 e. The number of carbonyl (C=O) groups is 1. The van der Waals surface area contributed by atoms with Gasteiger partial charge in [0.05, 0.1) is 0 Å². The Kier molecular flexibility index (Phi) is 4.18. The number of aryl methyl sites for hydroxylation is 1. The summed E-state index contributed by atoms with van der Waals surface area (Å²) in [6, 6.07) is 16.1. The topological polar surface area (TPSA) is 32.3 Å². The van der Waals surface area contributed by atoms with E-state index in [1.165, 1.54) is 5.56 Å². The highest BCUT2D eigenvalue weighted by atomic mass is 16.1. The van der Waals surface area contributed by atoms with Gasteiger partial charge in [0.25, 0.3) is 0 Å². The lowest BCUT2D eigenvalue weighted by Gasteiger charge is -2.44. The number of benzene rings is 2. The number of amides is 1. The van der Waals surface area contributed by atoms with Crippen LogP contribution in [0.25, 0.3) is 5.70 Å². The molecule has 1 N–H and O–H groups in total. The number of fused-ring (bicyclic) bond motifs is 1. The van der Waals surface area contributed by atoms with E-state index in [2.05, 4.69) is 49.3 Å². The molecule has 0 saturated carbocycles. The monoisotopic (exact) mass is 320 g/mol. The maximum atomic E-state index is 12.6. The molecule has 1 heterocycles. The van der Waals surface area contributed by atoms with Crippen LogP contribution in [0.3, 0.4) is 0 Å². The first-order chi connectivity index (χ1) is 11.4. The summed E-state index contributed by atoms with van der Waals surface area (Å²) < 4.78 is 0. The van der Waals surface area contributed by atoms with Crippen LogP contribution in [0.4, 0.5) is 5.69 Å². The van der Waals surface area contributed by atoms with E-state index in [1.807, 2.05) is 37.3 Å². The van der Waals surface area contributed by atoms with E-state index in [-0.39, 0.29) is 11.4 Å². The summed E-state index contributed by atoms with van der Waals surface area (Å²) >= 11 is 0. The van der Waals surface area contributed by atoms with Crippen molar-refractivity contribution in [2.75, 3.05) is 12.4 Å². The van der Waals surface area contributed by atoms with Crippen molar-refractivity contribution in [3.8, 4) is 0 Å². The molecule has 0 spiro atoms. The van der Waals surface area contributed by atoms with Crippen LogP contribution in [0.15, 0.2) is 54.6 Å². The summed E-state index contributed by atoms with van der Waals surface area (Å²) in [4.78, 5) is 14.8. The molecule has 0 saturated heterocycles. The number of anilines is 1. The van der Waals surface area contributed by atoms with Crippen molar-refractivity contribution < 1.29 is 4.79 Å². The van der Waals surface area contributed by atoms with Gasteiger partial charge in [0.2, 0.25) is 5.91 Å². The number of nitrogens with one attached hydrogen (secondary N) is 1. The Morgan fingerprint density at radius 2 is 1.79 bits per heavy atom. The molecule has 3 nitrogen and oxygen atoms in total. The lowest BCUT2D eigenvalue weighted by Crippen LogP contribution is -2.45. The third kappa shape index (κ3) is 3.07. The van der Waals surface area contributed by atoms with E-state index < -0.39 is 0 Å². The average molecular weight is 320 g/mol. The van der Waals surface area contributed by atoms with Crippen LogP contribution in [0.1, 0.15) is 30.5 Å². The normalized spacial score (nSPS) is 17.5. The van der Waals surface area contributed by atoms with Gasteiger partial charge in [-0.1, -0.05) is 42.5 Å². The molecule has 1 aliphatic heterocycles. The van der Waals surface area contributed by atoms with Crippen molar-refractivity contribution in [2.24, 2.45) is 0 Å². The highest BCUT2D eigenvalue weighted by Gasteiger charge is 2.33. The fourth-order valence-corrected chi connectivity index (χ4v) is 3.20. The third-order valence-electron chi connectivity index (χ3n) is 4.86. The molecule has 3 rings (SSSR count). The smallest absolute Gasteiger partial charge is 0.250 e. The minimum Gasteiger partial charge on any atom is -0.368 e. The summed E-state index contributed by atoms with van der Waals surface area (Å²) in [5.41, 5.74) is 5.28. The molecule has 0 aliphatic carbocycles. The molecule has 124 valence electrons. The van der Waals surface area contributed by atoms with Gasteiger partial charge < -0.3 is 10.2 Å². The molecule has 24 heavy (non-hydrogen) atoms. The SMILES string of the molecule is Cc1ccccc1NC(=O)C=C1c2ccccc2CC(C)(C)N1C. The predicted molar refractivity (Wildman–Crippen MR) is 99.8 cm³/mol. The van der Waals surface area contributed by atoms with Crippen LogP contribution < -0.4 is 5.32 Å². The summed E-state index contributed by atoms with van der Waals surface area (Å²) in [5.74, 6) is -0.0985. The molecule has 0 radical (unpaired) electrons. The Morgan fingerprint density at radius 1 is 1.12 bits per heavy atom. The summed E-state index contributed by atoms with van der Waals surface area (Å²) in [6.07, 6.45) is 2.68. The zero-order chi connectivity index (χ0) is 17.3. The van der Waals surface area contributed by atoms with Crippen molar-refractivity contribution >= 4 is 17.3 Å². The molecule has 1 amide bonds. The largest absolute Gasteiger partial charge is 0.368 e. The zero-order valence-corrected chi connectivity index (χ0v) is 14.8. The van der Waals surface area contributed by atoms with Crippen LogP contribution in [-0.4, -0.2) is 23.4 Å². The Morgan fingerprint density at radius 3 is 2.54 bits per heavy atom. The molecule has 2 aromatic rings. The molecule has 0 atom stereocenters. The molecular formula is C21H24N2O. The second-order valence-electron chi connectivity index (χ2n) is 7.04. The van der Waals surface area contributed by atoms with Gasteiger partial charge in [0, 0.05) is 35.6 Å². The summed E-state index contributed by atoms with van der Waals surface area (Å²) in [5, 5.41) is 2.99. The molecule has 1 aliphatic rings. The molecule has 0 aromatic heterocycles. The molecule has 0 bridgehead atoms. The molecular weight excluding hydrogens is 296 g/mol. The zero-order valence-electron chi connectivity index (χ0n) is 14.8. The Bertz CT molecular complexity index is 805. The Balaban J connectivity index is 1.96. The number of para-hydroxylation sites is 1. The third-order valence-corrected chi connectivity index (χ3v) is 4.86. The Labute approximate surface area is 144 Å². The summed E-state index contributed by atoms with van der Waals surface area (Å²) in [6.45, 7) is 6.40. The molecule has 0 unspecified atom stereocenters. The van der Waals surface area contributed by atoms with Crippen molar-refractivity contribution in [1.29, 1.82) is 0 Å². The minimum atomic E-state index is -0.0985. The molecule has 0 fully saturated rings. The standard InChI is InChI=1S/C21H24N2O/c1-15-9-5-8-12-18(15)22-20(24)13-19-17-11-7-6-10-16(17)14-21(2,3)23(19)4/h5-13H,14H2,1-4H3,(H,22,24). The second kappa shape index (κ2) is 6.16. The van der Waals surface area contributed by atoms with E-state index in [0.717, 1.165) is 28.9 Å². The van der Waals surface area contributed by atoms with Crippen LogP contribution >= 0.6 is 0 Å². The minimum absolute atomic E-state index is 0.0247. The van der Waals surface area contributed by atoms with Crippen molar-refractivity contribution in [3.05, 3.63) is 71.3 Å². The number of hydrogen-bond acceptors (Lipinski definition) is 2. The van der Waals surface area contributed by atoms with Crippen molar-refractivity contribution in [1.82, 2.24) is 4.90 Å². The first kappa shape index (κ1) is 16.3. The molecule has 2 aromatic carbocycles. The second-order valence-corrected chi connectivity index (χ2v) is 7.04. The van der Waals surface area contributed by atoms with E-state index >= 15 is 0 Å². The predicted octanol–water partition coefficient (Wildman–Crippen LogP) is 4.24. The van der Waals surface area contributed by atoms with Gasteiger partial charge in [-0.2, -0.15) is 0 Å². The van der Waals surface area contributed by atoms with E-state index in [9.17, 15) is 4.79 Å². The van der Waals surface area contributed by atoms with Gasteiger partial charge in [-0.25, -0.2) is 0 Å². The number of rotatable bonds is 2. The fraction of sp³-hybridized carbons (Fsp3) is 0.286. The van der Waals surface area contributed by atoms with Crippen LogP contribution in [-0.2, 0) is 11.2 Å².